The van der Waals surface area contributed by atoms with Crippen LogP contribution in [0, 0.1) is 0 Å². The SMILES string of the molecule is O=C(NC[C@H]1CCCO1)c1nnc(-c2cccc(Cl)c2)o1. The maximum absolute atomic E-state index is 11.9. The summed E-state index contributed by atoms with van der Waals surface area (Å²) in [4.78, 5) is 11.9. The van der Waals surface area contributed by atoms with E-state index >= 15 is 0 Å². The Morgan fingerprint density at radius 2 is 2.33 bits per heavy atom. The van der Waals surface area contributed by atoms with Crippen molar-refractivity contribution >= 4 is 17.5 Å². The van der Waals surface area contributed by atoms with Gasteiger partial charge >= 0.3 is 11.8 Å². The van der Waals surface area contributed by atoms with E-state index in [4.69, 9.17) is 20.8 Å². The largest absolute Gasteiger partial charge is 0.412 e. The molecule has 21 heavy (non-hydrogen) atoms. The lowest BCUT2D eigenvalue weighted by Crippen LogP contribution is -2.31. The lowest BCUT2D eigenvalue weighted by atomic mass is 10.2. The number of amides is 1. The number of aromatic nitrogens is 2. The number of ether oxygens (including phenoxy) is 1. The van der Waals surface area contributed by atoms with Gasteiger partial charge in [-0.3, -0.25) is 4.79 Å². The highest BCUT2D eigenvalue weighted by molar-refractivity contribution is 6.30. The van der Waals surface area contributed by atoms with Crippen molar-refractivity contribution in [2.75, 3.05) is 13.2 Å². The van der Waals surface area contributed by atoms with Crippen LogP contribution in [0.25, 0.3) is 11.5 Å². The Hall–Kier alpha value is -1.92. The summed E-state index contributed by atoms with van der Waals surface area (Å²) in [7, 11) is 0. The van der Waals surface area contributed by atoms with E-state index in [1.54, 1.807) is 24.3 Å². The molecule has 6 nitrogen and oxygen atoms in total. The third kappa shape index (κ3) is 3.40. The van der Waals surface area contributed by atoms with Crippen molar-refractivity contribution in [3.8, 4) is 11.5 Å². The second-order valence-electron chi connectivity index (χ2n) is 4.77. The van der Waals surface area contributed by atoms with Crippen molar-refractivity contribution in [1.82, 2.24) is 15.5 Å². The van der Waals surface area contributed by atoms with Crippen LogP contribution in [0.5, 0.6) is 0 Å². The van der Waals surface area contributed by atoms with Crippen LogP contribution < -0.4 is 5.32 Å². The molecule has 1 atom stereocenters. The Morgan fingerprint density at radius 1 is 1.43 bits per heavy atom. The standard InChI is InChI=1S/C14H14ClN3O3/c15-10-4-1-3-9(7-10)13-17-18-14(21-13)12(19)16-8-11-5-2-6-20-11/h1,3-4,7,11H,2,5-6,8H2,(H,16,19)/t11-/m1/s1. The van der Waals surface area contributed by atoms with E-state index in [1.165, 1.54) is 0 Å². The van der Waals surface area contributed by atoms with Crippen LogP contribution in [-0.2, 0) is 4.74 Å². The molecule has 1 aliphatic rings. The second-order valence-corrected chi connectivity index (χ2v) is 5.20. The van der Waals surface area contributed by atoms with Gasteiger partial charge in [-0.05, 0) is 31.0 Å². The normalized spacial score (nSPS) is 17.9. The Balaban J connectivity index is 1.65. The Morgan fingerprint density at radius 3 is 3.10 bits per heavy atom. The second kappa shape index (κ2) is 6.24. The van der Waals surface area contributed by atoms with Crippen molar-refractivity contribution in [3.63, 3.8) is 0 Å². The van der Waals surface area contributed by atoms with E-state index in [0.717, 1.165) is 19.4 Å². The molecule has 1 amide bonds. The quantitative estimate of drug-likeness (QED) is 0.938. The average Bonchev–Trinajstić information content (AvgIpc) is 3.16. The first-order chi connectivity index (χ1) is 10.2. The molecule has 0 radical (unpaired) electrons. The zero-order valence-electron chi connectivity index (χ0n) is 11.2. The summed E-state index contributed by atoms with van der Waals surface area (Å²) in [5.74, 6) is -0.200. The van der Waals surface area contributed by atoms with Crippen LogP contribution in [0.1, 0.15) is 23.5 Å². The maximum atomic E-state index is 11.9. The van der Waals surface area contributed by atoms with E-state index < -0.39 is 5.91 Å². The Labute approximate surface area is 126 Å². The Bertz CT molecular complexity index is 638. The van der Waals surface area contributed by atoms with Gasteiger partial charge in [0.15, 0.2) is 0 Å². The molecule has 110 valence electrons. The zero-order chi connectivity index (χ0) is 14.7. The van der Waals surface area contributed by atoms with Crippen LogP contribution >= 0.6 is 11.6 Å². The molecule has 1 aromatic carbocycles. The number of rotatable bonds is 4. The molecule has 7 heteroatoms. The van der Waals surface area contributed by atoms with Crippen LogP contribution in [0.2, 0.25) is 5.02 Å². The average molecular weight is 308 g/mol. The first kappa shape index (κ1) is 14.0. The highest BCUT2D eigenvalue weighted by atomic mass is 35.5. The summed E-state index contributed by atoms with van der Waals surface area (Å²) in [6.07, 6.45) is 2.06. The third-order valence-corrected chi connectivity index (χ3v) is 3.44. The molecule has 2 heterocycles. The molecule has 1 saturated heterocycles. The maximum Gasteiger partial charge on any atom is 0.308 e. The predicted octanol–water partition coefficient (Wildman–Crippen LogP) is 2.30. The lowest BCUT2D eigenvalue weighted by Gasteiger charge is -2.08. The molecule has 0 unspecified atom stereocenters. The van der Waals surface area contributed by atoms with Gasteiger partial charge in [0.05, 0.1) is 6.10 Å². The number of hydrogen-bond donors (Lipinski definition) is 1. The lowest BCUT2D eigenvalue weighted by molar-refractivity contribution is 0.0830. The predicted molar refractivity (Wildman–Crippen MR) is 76.1 cm³/mol. The highest BCUT2D eigenvalue weighted by Gasteiger charge is 2.20. The summed E-state index contributed by atoms with van der Waals surface area (Å²) in [5.41, 5.74) is 0.674. The molecular weight excluding hydrogens is 294 g/mol. The van der Waals surface area contributed by atoms with Gasteiger partial charge in [0.2, 0.25) is 5.89 Å². The summed E-state index contributed by atoms with van der Waals surface area (Å²) in [6.45, 7) is 1.20. The summed E-state index contributed by atoms with van der Waals surface area (Å²) in [6, 6.07) is 7.01. The fourth-order valence-corrected chi connectivity index (χ4v) is 2.33. The number of benzene rings is 1. The first-order valence-corrected chi connectivity index (χ1v) is 7.09. The summed E-state index contributed by atoms with van der Waals surface area (Å²) in [5, 5.41) is 10.9. The number of hydrogen-bond acceptors (Lipinski definition) is 5. The minimum Gasteiger partial charge on any atom is -0.412 e. The zero-order valence-corrected chi connectivity index (χ0v) is 12.0. The van der Waals surface area contributed by atoms with Gasteiger partial charge in [-0.15, -0.1) is 10.2 Å². The van der Waals surface area contributed by atoms with Crippen molar-refractivity contribution < 1.29 is 13.9 Å². The number of nitrogens with zero attached hydrogens (tertiary/aromatic N) is 2. The van der Waals surface area contributed by atoms with Gasteiger partial charge in [0.25, 0.3) is 0 Å². The van der Waals surface area contributed by atoms with E-state index in [2.05, 4.69) is 15.5 Å². The first-order valence-electron chi connectivity index (χ1n) is 6.71. The minimum absolute atomic E-state index is 0.0667. The molecule has 0 saturated carbocycles. The van der Waals surface area contributed by atoms with Crippen LogP contribution in [0.3, 0.4) is 0 Å². The fourth-order valence-electron chi connectivity index (χ4n) is 2.14. The van der Waals surface area contributed by atoms with Crippen molar-refractivity contribution in [2.45, 2.75) is 18.9 Å². The summed E-state index contributed by atoms with van der Waals surface area (Å²) < 4.78 is 10.8. The van der Waals surface area contributed by atoms with Gasteiger partial charge in [-0.25, -0.2) is 0 Å². The Kier molecular flexibility index (Phi) is 4.17. The summed E-state index contributed by atoms with van der Waals surface area (Å²) >= 11 is 5.90. The number of carbonyl (C=O) groups is 1. The van der Waals surface area contributed by atoms with Crippen molar-refractivity contribution in [2.24, 2.45) is 0 Å². The molecule has 1 aliphatic heterocycles. The molecule has 3 rings (SSSR count). The van der Waals surface area contributed by atoms with E-state index in [-0.39, 0.29) is 17.9 Å². The van der Waals surface area contributed by atoms with E-state index in [0.29, 0.717) is 17.1 Å². The molecule has 1 N–H and O–H groups in total. The van der Waals surface area contributed by atoms with Crippen LogP contribution in [0.4, 0.5) is 0 Å². The molecule has 1 fully saturated rings. The topological polar surface area (TPSA) is 77.2 Å². The van der Waals surface area contributed by atoms with Crippen molar-refractivity contribution in [3.05, 3.63) is 35.2 Å². The molecule has 1 aromatic heterocycles. The number of halogens is 1. The molecule has 0 spiro atoms. The van der Waals surface area contributed by atoms with Gasteiger partial charge < -0.3 is 14.5 Å². The monoisotopic (exact) mass is 307 g/mol. The molecule has 2 aromatic rings. The van der Waals surface area contributed by atoms with E-state index in [9.17, 15) is 4.79 Å². The fraction of sp³-hybridized carbons (Fsp3) is 0.357. The minimum atomic E-state index is -0.397. The van der Waals surface area contributed by atoms with Crippen molar-refractivity contribution in [1.29, 1.82) is 0 Å². The van der Waals surface area contributed by atoms with E-state index in [1.807, 2.05) is 0 Å². The smallest absolute Gasteiger partial charge is 0.308 e. The van der Waals surface area contributed by atoms with Gasteiger partial charge in [-0.1, -0.05) is 17.7 Å². The van der Waals surface area contributed by atoms with Gasteiger partial charge in [-0.2, -0.15) is 0 Å². The van der Waals surface area contributed by atoms with Crippen LogP contribution in [-0.4, -0.2) is 35.4 Å². The third-order valence-electron chi connectivity index (χ3n) is 3.21. The van der Waals surface area contributed by atoms with Gasteiger partial charge in [0, 0.05) is 23.7 Å². The highest BCUT2D eigenvalue weighted by Crippen LogP contribution is 2.21. The molecule has 0 bridgehead atoms. The van der Waals surface area contributed by atoms with Crippen LogP contribution in [0.15, 0.2) is 28.7 Å². The number of carbonyl (C=O) groups excluding carboxylic acids is 1. The molecule has 0 aliphatic carbocycles. The molecular formula is C14H14ClN3O3. The number of nitrogens with one attached hydrogen (secondary N) is 1. The van der Waals surface area contributed by atoms with Gasteiger partial charge in [0.1, 0.15) is 0 Å².